The molecule has 0 radical (unpaired) electrons. The van der Waals surface area contributed by atoms with Crippen LogP contribution in [0.2, 0.25) is 0 Å². The summed E-state index contributed by atoms with van der Waals surface area (Å²) < 4.78 is 38.7. The maximum Gasteiger partial charge on any atom is 0.411 e. The molecule has 0 saturated heterocycles. The summed E-state index contributed by atoms with van der Waals surface area (Å²) >= 11 is 0. The molecule has 2 atom stereocenters. The zero-order valence-electron chi connectivity index (χ0n) is 13.0. The number of nitrogen functional groups attached to an aromatic ring is 1. The molecule has 1 aromatic carbocycles. The summed E-state index contributed by atoms with van der Waals surface area (Å²) in [4.78, 5) is 3.87. The standard InChI is InChI=1S/C17H17F3N4/c1-10(14-9-16(21)24-23-14)11-4-2-5-12(8-11)13-6-3-7-15(22-13)17(18,19)20/h2-6,8-10,15H,7H2,1H3,(H3,21,23,24). The lowest BCUT2D eigenvalue weighted by Gasteiger charge is -2.19. The second kappa shape index (κ2) is 6.14. The van der Waals surface area contributed by atoms with Crippen LogP contribution in [0.5, 0.6) is 0 Å². The Morgan fingerprint density at radius 3 is 2.75 bits per heavy atom. The molecule has 126 valence electrons. The van der Waals surface area contributed by atoms with E-state index in [1.165, 1.54) is 6.08 Å². The van der Waals surface area contributed by atoms with Crippen molar-refractivity contribution in [3.05, 3.63) is 59.3 Å². The molecule has 0 fully saturated rings. The lowest BCUT2D eigenvalue weighted by atomic mass is 9.94. The highest BCUT2D eigenvalue weighted by Gasteiger charge is 2.39. The predicted molar refractivity (Wildman–Crippen MR) is 87.1 cm³/mol. The number of rotatable bonds is 3. The lowest BCUT2D eigenvalue weighted by Crippen LogP contribution is -2.29. The van der Waals surface area contributed by atoms with Crippen LogP contribution >= 0.6 is 0 Å². The van der Waals surface area contributed by atoms with Crippen molar-refractivity contribution in [2.24, 2.45) is 4.99 Å². The van der Waals surface area contributed by atoms with E-state index in [2.05, 4.69) is 15.2 Å². The van der Waals surface area contributed by atoms with Crippen LogP contribution in [0.25, 0.3) is 0 Å². The SMILES string of the molecule is CC(c1cccc(C2=NC(C(F)(F)F)CC=C2)c1)c1cc(N)n[nH]1. The van der Waals surface area contributed by atoms with Crippen LogP contribution in [0.15, 0.2) is 47.5 Å². The molecule has 7 heteroatoms. The number of hydrogen-bond donors (Lipinski definition) is 2. The van der Waals surface area contributed by atoms with Crippen LogP contribution in [-0.4, -0.2) is 28.1 Å². The van der Waals surface area contributed by atoms with Crippen molar-refractivity contribution in [2.45, 2.75) is 31.5 Å². The summed E-state index contributed by atoms with van der Waals surface area (Å²) in [7, 11) is 0. The van der Waals surface area contributed by atoms with Crippen molar-refractivity contribution in [1.29, 1.82) is 0 Å². The van der Waals surface area contributed by atoms with Gasteiger partial charge in [-0.05, 0) is 29.7 Å². The molecule has 1 aromatic heterocycles. The van der Waals surface area contributed by atoms with E-state index in [0.29, 0.717) is 17.1 Å². The van der Waals surface area contributed by atoms with Gasteiger partial charge in [0.15, 0.2) is 0 Å². The zero-order valence-corrected chi connectivity index (χ0v) is 13.0. The van der Waals surface area contributed by atoms with Crippen LogP contribution in [0, 0.1) is 0 Å². The van der Waals surface area contributed by atoms with Gasteiger partial charge in [0, 0.05) is 17.7 Å². The Morgan fingerprint density at radius 2 is 2.08 bits per heavy atom. The van der Waals surface area contributed by atoms with Crippen LogP contribution in [0.3, 0.4) is 0 Å². The largest absolute Gasteiger partial charge is 0.411 e. The van der Waals surface area contributed by atoms with Gasteiger partial charge >= 0.3 is 6.18 Å². The smallest absolute Gasteiger partial charge is 0.382 e. The molecule has 4 nitrogen and oxygen atoms in total. The topological polar surface area (TPSA) is 67.1 Å². The number of dihydropyridines is 1. The number of anilines is 1. The van der Waals surface area contributed by atoms with E-state index in [1.54, 1.807) is 18.2 Å². The molecule has 0 saturated carbocycles. The number of hydrogen-bond acceptors (Lipinski definition) is 3. The fourth-order valence-corrected chi connectivity index (χ4v) is 2.67. The average Bonchev–Trinajstić information content (AvgIpc) is 3.00. The number of halogens is 3. The first-order valence-corrected chi connectivity index (χ1v) is 7.57. The Morgan fingerprint density at radius 1 is 1.29 bits per heavy atom. The third-order valence-corrected chi connectivity index (χ3v) is 4.07. The van der Waals surface area contributed by atoms with E-state index in [4.69, 9.17) is 5.73 Å². The van der Waals surface area contributed by atoms with E-state index >= 15 is 0 Å². The Labute approximate surface area is 137 Å². The average molecular weight is 334 g/mol. The molecule has 2 heterocycles. The number of alkyl halides is 3. The summed E-state index contributed by atoms with van der Waals surface area (Å²) in [6.07, 6.45) is -1.28. The minimum Gasteiger partial charge on any atom is -0.382 e. The summed E-state index contributed by atoms with van der Waals surface area (Å²) in [5.41, 5.74) is 8.42. The quantitative estimate of drug-likeness (QED) is 0.896. The molecule has 24 heavy (non-hydrogen) atoms. The molecule has 0 aliphatic carbocycles. The van der Waals surface area contributed by atoms with E-state index in [0.717, 1.165) is 11.3 Å². The second-order valence-corrected chi connectivity index (χ2v) is 5.81. The molecule has 0 spiro atoms. The van der Waals surface area contributed by atoms with Gasteiger partial charge in [0.2, 0.25) is 0 Å². The molecule has 0 amide bonds. The summed E-state index contributed by atoms with van der Waals surface area (Å²) in [5, 5.41) is 6.77. The number of aliphatic imine (C=N–C) groups is 1. The monoisotopic (exact) mass is 334 g/mol. The normalized spacial score (nSPS) is 19.2. The van der Waals surface area contributed by atoms with Gasteiger partial charge in [-0.15, -0.1) is 0 Å². The molecular weight excluding hydrogens is 317 g/mol. The van der Waals surface area contributed by atoms with Gasteiger partial charge in [-0.2, -0.15) is 18.3 Å². The van der Waals surface area contributed by atoms with Crippen molar-refractivity contribution in [2.75, 3.05) is 5.73 Å². The van der Waals surface area contributed by atoms with E-state index in [-0.39, 0.29) is 12.3 Å². The van der Waals surface area contributed by atoms with Gasteiger partial charge in [0.05, 0.1) is 5.71 Å². The first kappa shape index (κ1) is 16.3. The number of nitrogens with zero attached hydrogens (tertiary/aromatic N) is 2. The summed E-state index contributed by atoms with van der Waals surface area (Å²) in [6, 6.07) is 7.41. The van der Waals surface area contributed by atoms with Gasteiger partial charge in [-0.1, -0.05) is 31.2 Å². The maximum atomic E-state index is 12.9. The predicted octanol–water partition coefficient (Wildman–Crippen LogP) is 3.82. The summed E-state index contributed by atoms with van der Waals surface area (Å²) in [5.74, 6) is 0.391. The molecule has 2 unspecified atom stereocenters. The highest BCUT2D eigenvalue weighted by Crippen LogP contribution is 2.29. The Kier molecular flexibility index (Phi) is 4.17. The number of benzene rings is 1. The molecule has 3 rings (SSSR count). The minimum absolute atomic E-state index is 0.0127. The summed E-state index contributed by atoms with van der Waals surface area (Å²) in [6.45, 7) is 1.98. The van der Waals surface area contributed by atoms with E-state index < -0.39 is 12.2 Å². The number of nitrogens with one attached hydrogen (secondary N) is 1. The maximum absolute atomic E-state index is 12.9. The van der Waals surface area contributed by atoms with Gasteiger partial charge in [0.1, 0.15) is 11.9 Å². The van der Waals surface area contributed by atoms with Crippen LogP contribution in [0.4, 0.5) is 19.0 Å². The second-order valence-electron chi connectivity index (χ2n) is 5.81. The minimum atomic E-state index is -4.33. The Hall–Kier alpha value is -2.57. The third kappa shape index (κ3) is 3.34. The Bertz CT molecular complexity index is 789. The molecule has 2 aromatic rings. The van der Waals surface area contributed by atoms with Gasteiger partial charge < -0.3 is 5.73 Å². The van der Waals surface area contributed by atoms with Crippen molar-refractivity contribution in [3.63, 3.8) is 0 Å². The lowest BCUT2D eigenvalue weighted by molar-refractivity contribution is -0.146. The number of aromatic nitrogens is 2. The van der Waals surface area contributed by atoms with Crippen LogP contribution in [0.1, 0.15) is 36.1 Å². The highest BCUT2D eigenvalue weighted by atomic mass is 19.4. The van der Waals surface area contributed by atoms with Crippen molar-refractivity contribution < 1.29 is 13.2 Å². The number of H-pyrrole nitrogens is 1. The van der Waals surface area contributed by atoms with E-state index in [1.807, 2.05) is 25.1 Å². The van der Waals surface area contributed by atoms with Gasteiger partial charge in [-0.25, -0.2) is 0 Å². The fourth-order valence-electron chi connectivity index (χ4n) is 2.67. The van der Waals surface area contributed by atoms with Crippen LogP contribution < -0.4 is 5.73 Å². The Balaban J connectivity index is 1.90. The van der Waals surface area contributed by atoms with Gasteiger partial charge in [-0.3, -0.25) is 10.1 Å². The fraction of sp³-hybridized carbons (Fsp3) is 0.294. The van der Waals surface area contributed by atoms with Crippen molar-refractivity contribution in [3.8, 4) is 0 Å². The number of allylic oxidation sites excluding steroid dienone is 1. The molecule has 1 aliphatic rings. The van der Waals surface area contributed by atoms with Crippen molar-refractivity contribution in [1.82, 2.24) is 10.2 Å². The first-order valence-electron chi connectivity index (χ1n) is 7.57. The number of nitrogens with two attached hydrogens (primary N) is 1. The first-order chi connectivity index (χ1) is 11.3. The molecule has 0 bridgehead atoms. The number of aromatic amines is 1. The molecular formula is C17H17F3N4. The highest BCUT2D eigenvalue weighted by molar-refractivity contribution is 6.09. The van der Waals surface area contributed by atoms with Crippen LogP contribution in [-0.2, 0) is 0 Å². The van der Waals surface area contributed by atoms with Gasteiger partial charge in [0.25, 0.3) is 0 Å². The third-order valence-electron chi connectivity index (χ3n) is 4.07. The molecule has 1 aliphatic heterocycles. The zero-order chi connectivity index (χ0) is 17.3. The van der Waals surface area contributed by atoms with Crippen molar-refractivity contribution >= 4 is 11.5 Å². The van der Waals surface area contributed by atoms with E-state index in [9.17, 15) is 13.2 Å². The molecule has 3 N–H and O–H groups in total.